The number of nitrogens with one attached hydrogen (secondary N) is 1. The summed E-state index contributed by atoms with van der Waals surface area (Å²) in [5, 5.41) is 6.03. The fourth-order valence-corrected chi connectivity index (χ4v) is 2.00. The van der Waals surface area contributed by atoms with Crippen molar-refractivity contribution >= 4 is 5.91 Å². The molecule has 2 rings (SSSR count). The predicted octanol–water partition coefficient (Wildman–Crippen LogP) is 1.78. The van der Waals surface area contributed by atoms with Crippen LogP contribution in [0.5, 0.6) is 5.75 Å². The maximum absolute atomic E-state index is 12.9. The number of rotatable bonds is 9. The molecule has 136 valence electrons. The number of nitrogens with two attached hydrogens (primary N) is 1. The number of carbonyl (C=O) groups is 1. The van der Waals surface area contributed by atoms with Crippen molar-refractivity contribution in [1.29, 1.82) is 0 Å². The highest BCUT2D eigenvalue weighted by atomic mass is 19.3. The number of alkyl halides is 2. The van der Waals surface area contributed by atoms with E-state index in [1.165, 1.54) is 0 Å². The molecular formula is C16H20F2N4O3. The van der Waals surface area contributed by atoms with Crippen LogP contribution in [0.1, 0.15) is 18.7 Å². The molecule has 0 bridgehead atoms. The molecule has 25 heavy (non-hydrogen) atoms. The van der Waals surface area contributed by atoms with Gasteiger partial charge in [-0.25, -0.2) is 8.78 Å². The lowest BCUT2D eigenvalue weighted by molar-refractivity contribution is -0.123. The largest absolute Gasteiger partial charge is 0.497 e. The van der Waals surface area contributed by atoms with Gasteiger partial charge in [-0.1, -0.05) is 5.16 Å². The number of hydrogen-bond acceptors (Lipinski definition) is 6. The van der Waals surface area contributed by atoms with Gasteiger partial charge in [0.05, 0.1) is 20.2 Å². The van der Waals surface area contributed by atoms with Crippen LogP contribution < -0.4 is 15.8 Å². The van der Waals surface area contributed by atoms with E-state index in [0.29, 0.717) is 24.6 Å². The summed E-state index contributed by atoms with van der Waals surface area (Å²) in [7, 11) is 1.58. The van der Waals surface area contributed by atoms with E-state index in [4.69, 9.17) is 15.0 Å². The summed E-state index contributed by atoms with van der Waals surface area (Å²) < 4.78 is 36.1. The maximum Gasteiger partial charge on any atom is 0.277 e. The predicted molar refractivity (Wildman–Crippen MR) is 86.2 cm³/mol. The smallest absolute Gasteiger partial charge is 0.277 e. The lowest BCUT2D eigenvalue weighted by Gasteiger charge is -2.14. The molecule has 2 aromatic rings. The van der Waals surface area contributed by atoms with Gasteiger partial charge in [0.1, 0.15) is 5.75 Å². The van der Waals surface area contributed by atoms with Gasteiger partial charge in [-0.2, -0.15) is 4.98 Å². The van der Waals surface area contributed by atoms with Gasteiger partial charge in [0, 0.05) is 18.4 Å². The summed E-state index contributed by atoms with van der Waals surface area (Å²) >= 11 is 0. The van der Waals surface area contributed by atoms with Crippen molar-refractivity contribution in [2.45, 2.75) is 25.2 Å². The molecular weight excluding hydrogens is 334 g/mol. The quantitative estimate of drug-likeness (QED) is 0.711. The minimum absolute atomic E-state index is 0.0842. The van der Waals surface area contributed by atoms with Crippen LogP contribution in [-0.2, 0) is 11.2 Å². The zero-order valence-electron chi connectivity index (χ0n) is 13.8. The number of aryl methyl sites for hydroxylation is 1. The monoisotopic (exact) mass is 354 g/mol. The van der Waals surface area contributed by atoms with Crippen LogP contribution in [0.4, 0.5) is 8.78 Å². The standard InChI is InChI=1S/C16H20F2N4O3/c1-24-12-7-5-11(6-8-12)15-21-14(25-22-15)4-2-3-13(23)20-10-16(17,18)9-19/h5-8H,2-4,9-10,19H2,1H3,(H,20,23). The van der Waals surface area contributed by atoms with Gasteiger partial charge in [-0.15, -0.1) is 0 Å². The van der Waals surface area contributed by atoms with Crippen LogP contribution in [0.15, 0.2) is 28.8 Å². The molecule has 0 saturated carbocycles. The molecule has 3 N–H and O–H groups in total. The molecule has 1 amide bonds. The fraction of sp³-hybridized carbons (Fsp3) is 0.438. The molecule has 0 spiro atoms. The van der Waals surface area contributed by atoms with Crippen molar-refractivity contribution in [3.8, 4) is 17.1 Å². The first-order chi connectivity index (χ1) is 11.9. The molecule has 0 aliphatic carbocycles. The number of amides is 1. The summed E-state index contributed by atoms with van der Waals surface area (Å²) in [5.74, 6) is -2.02. The first-order valence-electron chi connectivity index (χ1n) is 7.75. The van der Waals surface area contributed by atoms with E-state index in [-0.39, 0.29) is 6.42 Å². The highest BCUT2D eigenvalue weighted by molar-refractivity contribution is 5.75. The Hall–Kier alpha value is -2.55. The Balaban J connectivity index is 1.78. The minimum atomic E-state index is -3.09. The third kappa shape index (κ3) is 5.79. The van der Waals surface area contributed by atoms with Crippen LogP contribution >= 0.6 is 0 Å². The molecule has 1 heterocycles. The summed E-state index contributed by atoms with van der Waals surface area (Å²) in [6.07, 6.45) is 0.870. The number of methoxy groups -OCH3 is 1. The molecule has 0 aliphatic rings. The lowest BCUT2D eigenvalue weighted by Crippen LogP contribution is -2.41. The normalized spacial score (nSPS) is 11.4. The highest BCUT2D eigenvalue weighted by Gasteiger charge is 2.26. The minimum Gasteiger partial charge on any atom is -0.497 e. The van der Waals surface area contributed by atoms with E-state index in [0.717, 1.165) is 11.3 Å². The number of carbonyl (C=O) groups excluding carboxylic acids is 1. The number of aromatic nitrogens is 2. The fourth-order valence-electron chi connectivity index (χ4n) is 2.00. The number of halogens is 2. The second-order valence-electron chi connectivity index (χ2n) is 5.43. The number of nitrogens with zero attached hydrogens (tertiary/aromatic N) is 2. The Labute approximate surface area is 143 Å². The molecule has 0 saturated heterocycles. The Morgan fingerprint density at radius 3 is 2.72 bits per heavy atom. The molecule has 0 atom stereocenters. The molecule has 0 fully saturated rings. The van der Waals surface area contributed by atoms with E-state index in [1.807, 2.05) is 0 Å². The Morgan fingerprint density at radius 1 is 1.36 bits per heavy atom. The molecule has 9 heteroatoms. The number of hydrogen-bond donors (Lipinski definition) is 2. The topological polar surface area (TPSA) is 103 Å². The zero-order chi connectivity index (χ0) is 18.3. The van der Waals surface area contributed by atoms with Gasteiger partial charge >= 0.3 is 0 Å². The van der Waals surface area contributed by atoms with Gasteiger partial charge in [0.25, 0.3) is 5.92 Å². The van der Waals surface area contributed by atoms with E-state index in [9.17, 15) is 13.6 Å². The maximum atomic E-state index is 12.9. The van der Waals surface area contributed by atoms with Crippen molar-refractivity contribution in [2.75, 3.05) is 20.2 Å². The van der Waals surface area contributed by atoms with Crippen LogP contribution in [-0.4, -0.2) is 42.2 Å². The molecule has 7 nitrogen and oxygen atoms in total. The van der Waals surface area contributed by atoms with Crippen molar-refractivity contribution in [1.82, 2.24) is 15.5 Å². The van der Waals surface area contributed by atoms with Gasteiger partial charge in [-0.3, -0.25) is 4.79 Å². The van der Waals surface area contributed by atoms with E-state index in [1.54, 1.807) is 31.4 Å². The third-order valence-electron chi connectivity index (χ3n) is 3.45. The van der Waals surface area contributed by atoms with Crippen molar-refractivity contribution in [2.24, 2.45) is 5.73 Å². The van der Waals surface area contributed by atoms with Crippen LogP contribution in [0.3, 0.4) is 0 Å². The second kappa shape index (κ2) is 8.52. The van der Waals surface area contributed by atoms with Crippen molar-refractivity contribution in [3.63, 3.8) is 0 Å². The van der Waals surface area contributed by atoms with E-state index >= 15 is 0 Å². The third-order valence-corrected chi connectivity index (χ3v) is 3.45. The number of ether oxygens (including phenoxy) is 1. The lowest BCUT2D eigenvalue weighted by atomic mass is 10.2. The first-order valence-corrected chi connectivity index (χ1v) is 7.75. The summed E-state index contributed by atoms with van der Waals surface area (Å²) in [6.45, 7) is -1.56. The van der Waals surface area contributed by atoms with E-state index in [2.05, 4.69) is 15.5 Å². The molecule has 1 aromatic heterocycles. The second-order valence-corrected chi connectivity index (χ2v) is 5.43. The summed E-state index contributed by atoms with van der Waals surface area (Å²) in [4.78, 5) is 15.8. The molecule has 0 unspecified atom stereocenters. The molecule has 0 aliphatic heterocycles. The van der Waals surface area contributed by atoms with Crippen LogP contribution in [0, 0.1) is 0 Å². The first kappa shape index (κ1) is 18.8. The Bertz CT molecular complexity index is 689. The van der Waals surface area contributed by atoms with Crippen molar-refractivity contribution in [3.05, 3.63) is 30.2 Å². The van der Waals surface area contributed by atoms with Gasteiger partial charge in [-0.05, 0) is 30.7 Å². The highest BCUT2D eigenvalue weighted by Crippen LogP contribution is 2.20. The van der Waals surface area contributed by atoms with Crippen LogP contribution in [0.2, 0.25) is 0 Å². The molecule has 0 radical (unpaired) electrons. The summed E-state index contributed by atoms with van der Waals surface area (Å²) in [5.41, 5.74) is 5.67. The Morgan fingerprint density at radius 2 is 2.08 bits per heavy atom. The Kier molecular flexibility index (Phi) is 6.40. The van der Waals surface area contributed by atoms with Crippen LogP contribution in [0.25, 0.3) is 11.4 Å². The van der Waals surface area contributed by atoms with Gasteiger partial charge in [0.2, 0.25) is 17.6 Å². The average molecular weight is 354 g/mol. The van der Waals surface area contributed by atoms with E-state index < -0.39 is 24.9 Å². The summed E-state index contributed by atoms with van der Waals surface area (Å²) in [6, 6.07) is 7.18. The average Bonchev–Trinajstić information content (AvgIpc) is 3.09. The zero-order valence-corrected chi connectivity index (χ0v) is 13.8. The van der Waals surface area contributed by atoms with Gasteiger partial charge < -0.3 is 20.3 Å². The molecule has 1 aromatic carbocycles. The SMILES string of the molecule is COc1ccc(-c2noc(CCCC(=O)NCC(F)(F)CN)n2)cc1. The van der Waals surface area contributed by atoms with Crippen molar-refractivity contribution < 1.29 is 22.8 Å². The number of benzene rings is 1. The van der Waals surface area contributed by atoms with Gasteiger partial charge in [0.15, 0.2) is 0 Å².